The Morgan fingerprint density at radius 3 is 1.47 bits per heavy atom. The average molecular weight is 788 g/mol. The van der Waals surface area contributed by atoms with Crippen molar-refractivity contribution in [2.24, 2.45) is 0 Å². The molecule has 0 bridgehead atoms. The van der Waals surface area contributed by atoms with E-state index in [0.717, 1.165) is 0 Å². The Labute approximate surface area is 226 Å². The Morgan fingerprint density at radius 2 is 1.09 bits per heavy atom. The van der Waals surface area contributed by atoms with Crippen molar-refractivity contribution >= 4 is 45.7 Å². The summed E-state index contributed by atoms with van der Waals surface area (Å²) in [4.78, 5) is 0. The van der Waals surface area contributed by atoms with E-state index in [1.54, 1.807) is 0 Å². The van der Waals surface area contributed by atoms with Gasteiger partial charge in [-0.1, -0.05) is 91.8 Å². The van der Waals surface area contributed by atoms with Crippen molar-refractivity contribution in [3.05, 3.63) is 71.0 Å². The van der Waals surface area contributed by atoms with E-state index in [1.807, 2.05) is 0 Å². The van der Waals surface area contributed by atoms with Gasteiger partial charge >= 0.3 is 59.0 Å². The molecule has 6 heteroatoms. The van der Waals surface area contributed by atoms with Crippen LogP contribution in [0.5, 0.6) is 0 Å². The number of hydrogen-bond donors (Lipinski definition) is 0. The predicted molar refractivity (Wildman–Crippen MR) is 154 cm³/mol. The van der Waals surface area contributed by atoms with E-state index < -0.39 is 0 Å². The van der Waals surface area contributed by atoms with Crippen LogP contribution in [0.4, 0.5) is 0 Å². The van der Waals surface area contributed by atoms with Crippen molar-refractivity contribution < 1.29 is 17.6 Å². The van der Waals surface area contributed by atoms with E-state index >= 15 is 0 Å². The van der Waals surface area contributed by atoms with Gasteiger partial charge in [0.2, 0.25) is 0 Å². The van der Waals surface area contributed by atoms with Crippen LogP contribution in [0.3, 0.4) is 0 Å². The second-order valence-corrected chi connectivity index (χ2v) is 26.6. The number of nitrogens with zero attached hydrogens (tertiary/aromatic N) is 2. The molecule has 0 aliphatic heterocycles. The Kier molecular flexibility index (Phi) is 11.9. The van der Waals surface area contributed by atoms with E-state index in [2.05, 4.69) is 150 Å². The quantitative estimate of drug-likeness (QED) is 0.249. The molecule has 176 valence electrons. The minimum atomic E-state index is 0.496. The molecule has 0 fully saturated rings. The third-order valence-corrected chi connectivity index (χ3v) is 6.74. The summed E-state index contributed by atoms with van der Waals surface area (Å²) in [6.07, 6.45) is 4.52. The maximum atomic E-state index is 2.42. The van der Waals surface area contributed by atoms with E-state index in [1.165, 1.54) is 42.1 Å². The van der Waals surface area contributed by atoms with Gasteiger partial charge in [-0.25, -0.2) is 0 Å². The zero-order valence-electron chi connectivity index (χ0n) is 20.4. The first-order valence-electron chi connectivity index (χ1n) is 11.2. The molecule has 0 aliphatic carbocycles. The number of benzene rings is 2. The van der Waals surface area contributed by atoms with Gasteiger partial charge in [-0.3, -0.25) is 0 Å². The molecule has 1 aromatic heterocycles. The predicted octanol–water partition coefficient (Wildman–Crippen LogP) is 6.60. The summed E-state index contributed by atoms with van der Waals surface area (Å²) in [6, 6.07) is 13.6. The molecule has 0 radical (unpaired) electrons. The number of aromatic nitrogens is 2. The van der Waals surface area contributed by atoms with Gasteiger partial charge in [-0.15, -0.1) is 0 Å². The third-order valence-electron chi connectivity index (χ3n) is 5.68. The van der Waals surface area contributed by atoms with Crippen LogP contribution < -0.4 is 17.6 Å². The molecule has 0 saturated heterocycles. The Bertz CT molecular complexity index is 880. The first-order chi connectivity index (χ1) is 15.1. The summed E-state index contributed by atoms with van der Waals surface area (Å²) in [5.41, 5.74) is 8.47. The molecular formula is C26H36I3N2P. The van der Waals surface area contributed by atoms with Crippen LogP contribution in [0, 0.1) is 0 Å². The second kappa shape index (κ2) is 13.4. The average Bonchev–Trinajstić information content (AvgIpc) is 3.22. The Balaban J connectivity index is 0.00000114. The number of para-hydroxylation sites is 2. The van der Waals surface area contributed by atoms with Crippen molar-refractivity contribution in [3.8, 4) is 11.4 Å². The SMILES string of the molecule is CC(C)c1cccc(C(C)C)c1-n1cc[n+](-c2c(C(C)C)cccc2C(C)C)p1.I[I-]I. The standard InChI is InChI=1S/C26H36N2P.I3/c1-17(2)21-11-9-12-22(18(3)4)25(21)27-15-16-28(29-27)26-23(19(5)6)13-10-14-24(26)20(7)8;1-3-2/h9-20H,1-8H3;/q+1;-1. The van der Waals surface area contributed by atoms with Crippen LogP contribution in [0.25, 0.3) is 11.4 Å². The molecule has 32 heavy (non-hydrogen) atoms. The van der Waals surface area contributed by atoms with Crippen molar-refractivity contribution in [1.82, 2.24) is 4.33 Å². The number of hydrogen-bond acceptors (Lipinski definition) is 0. The molecule has 2 nitrogen and oxygen atoms in total. The van der Waals surface area contributed by atoms with Gasteiger partial charge in [0, 0.05) is 22.3 Å². The van der Waals surface area contributed by atoms with Crippen LogP contribution >= 0.6 is 45.7 Å². The van der Waals surface area contributed by atoms with Crippen molar-refractivity contribution in [3.63, 3.8) is 0 Å². The van der Waals surface area contributed by atoms with E-state index in [9.17, 15) is 0 Å². The molecule has 0 saturated carbocycles. The summed E-state index contributed by atoms with van der Waals surface area (Å²) in [5.74, 6) is 1.98. The van der Waals surface area contributed by atoms with Gasteiger partial charge in [0.1, 0.15) is 23.8 Å². The Hall–Kier alpha value is 0.270. The third kappa shape index (κ3) is 6.91. The molecule has 0 aliphatic rings. The second-order valence-electron chi connectivity index (χ2n) is 9.32. The Morgan fingerprint density at radius 1 is 0.719 bits per heavy atom. The summed E-state index contributed by atoms with van der Waals surface area (Å²) in [7, 11) is 1.18. The molecule has 0 amide bonds. The van der Waals surface area contributed by atoms with Gasteiger partial charge < -0.3 is 0 Å². The summed E-state index contributed by atoms with van der Waals surface area (Å²) < 4.78 is 4.84. The first kappa shape index (κ1) is 28.5. The van der Waals surface area contributed by atoms with Gasteiger partial charge in [-0.05, 0) is 23.7 Å². The molecule has 3 aromatic rings. The topological polar surface area (TPSA) is 8.81 Å². The van der Waals surface area contributed by atoms with Crippen LogP contribution in [0.1, 0.15) is 101 Å². The van der Waals surface area contributed by atoms with Gasteiger partial charge in [-0.2, -0.15) is 8.66 Å². The summed E-state index contributed by atoms with van der Waals surface area (Å²) in [5, 5.41) is 0. The molecule has 1 heterocycles. The van der Waals surface area contributed by atoms with Crippen LogP contribution in [0.15, 0.2) is 48.8 Å². The minimum absolute atomic E-state index is 0.496. The summed E-state index contributed by atoms with van der Waals surface area (Å²) >= 11 is 5.30. The maximum absolute atomic E-state index is 2.42. The molecular weight excluding hydrogens is 752 g/mol. The molecule has 0 unspecified atom stereocenters. The van der Waals surface area contributed by atoms with Crippen LogP contribution in [-0.2, 0) is 0 Å². The molecule has 2 aromatic carbocycles. The number of rotatable bonds is 6. The van der Waals surface area contributed by atoms with E-state index in [4.69, 9.17) is 0 Å². The fraction of sp³-hybridized carbons (Fsp3) is 0.462. The van der Waals surface area contributed by atoms with E-state index in [0.29, 0.717) is 36.9 Å². The monoisotopic (exact) mass is 788 g/mol. The summed E-state index contributed by atoms with van der Waals surface area (Å²) in [6.45, 7) is 18.4. The van der Waals surface area contributed by atoms with Crippen LogP contribution in [-0.4, -0.2) is 4.33 Å². The molecule has 0 atom stereocenters. The fourth-order valence-electron chi connectivity index (χ4n) is 4.08. The van der Waals surface area contributed by atoms with Crippen LogP contribution in [0.2, 0.25) is 0 Å². The zero-order valence-corrected chi connectivity index (χ0v) is 27.8. The molecule has 3 rings (SSSR count). The van der Waals surface area contributed by atoms with Gasteiger partial charge in [0.15, 0.2) is 0 Å². The molecule has 0 spiro atoms. The molecule has 0 N–H and O–H groups in total. The van der Waals surface area contributed by atoms with Gasteiger partial charge in [0.05, 0.1) is 0 Å². The van der Waals surface area contributed by atoms with Crippen molar-refractivity contribution in [2.75, 3.05) is 0 Å². The fourth-order valence-corrected chi connectivity index (χ4v) is 5.17. The van der Waals surface area contributed by atoms with Crippen molar-refractivity contribution in [1.29, 1.82) is 0 Å². The van der Waals surface area contributed by atoms with E-state index in [-0.39, 0.29) is 0 Å². The number of halogens is 3. The first-order valence-corrected chi connectivity index (χ1v) is 24.6. The van der Waals surface area contributed by atoms with Crippen molar-refractivity contribution in [2.45, 2.75) is 79.1 Å². The normalized spacial score (nSPS) is 11.8. The van der Waals surface area contributed by atoms with Gasteiger partial charge in [0.25, 0.3) is 0 Å². The zero-order chi connectivity index (χ0) is 24.0.